The Morgan fingerprint density at radius 1 is 1.12 bits per heavy atom. The average molecular weight is 219 g/mol. The number of aliphatic hydroxyl groups excluding tert-OH is 1. The molecule has 0 amide bonds. The first kappa shape index (κ1) is 11.6. The van der Waals surface area contributed by atoms with Crippen molar-refractivity contribution in [1.82, 2.24) is 5.32 Å². The normalized spacial score (nSPS) is 25.6. The summed E-state index contributed by atoms with van der Waals surface area (Å²) in [5, 5.41) is 12.4. The molecule has 2 nitrogen and oxygen atoms in total. The molecule has 0 aromatic heterocycles. The van der Waals surface area contributed by atoms with Crippen LogP contribution >= 0.6 is 0 Å². The fourth-order valence-electron chi connectivity index (χ4n) is 2.72. The summed E-state index contributed by atoms with van der Waals surface area (Å²) >= 11 is 0. The molecule has 0 aliphatic heterocycles. The molecule has 0 radical (unpaired) electrons. The van der Waals surface area contributed by atoms with Crippen LogP contribution in [-0.4, -0.2) is 24.3 Å². The summed E-state index contributed by atoms with van der Waals surface area (Å²) in [6.07, 6.45) is 5.15. The molecule has 0 heterocycles. The lowest BCUT2D eigenvalue weighted by Crippen LogP contribution is -2.38. The first-order valence-corrected chi connectivity index (χ1v) is 6.31. The van der Waals surface area contributed by atoms with Crippen LogP contribution in [0.1, 0.15) is 37.2 Å². The van der Waals surface area contributed by atoms with Crippen molar-refractivity contribution in [3.8, 4) is 0 Å². The Morgan fingerprint density at radius 2 is 1.88 bits per heavy atom. The Hall–Kier alpha value is -0.860. The van der Waals surface area contributed by atoms with Crippen LogP contribution in [0.5, 0.6) is 0 Å². The highest BCUT2D eigenvalue weighted by atomic mass is 16.3. The third-order valence-electron chi connectivity index (χ3n) is 3.51. The van der Waals surface area contributed by atoms with Crippen LogP contribution in [0.2, 0.25) is 0 Å². The molecule has 2 atom stereocenters. The predicted molar refractivity (Wildman–Crippen MR) is 66.5 cm³/mol. The molecule has 1 saturated carbocycles. The highest BCUT2D eigenvalue weighted by molar-refractivity contribution is 5.21. The van der Waals surface area contributed by atoms with E-state index in [2.05, 4.69) is 35.6 Å². The number of rotatable bonds is 4. The number of aliphatic hydroxyl groups is 1. The second kappa shape index (κ2) is 6.02. The minimum atomic E-state index is 0.234. The van der Waals surface area contributed by atoms with Gasteiger partial charge in [-0.3, -0.25) is 0 Å². The summed E-state index contributed by atoms with van der Waals surface area (Å²) in [5.41, 5.74) is 1.44. The quantitative estimate of drug-likeness (QED) is 0.814. The van der Waals surface area contributed by atoms with Crippen molar-refractivity contribution in [2.24, 2.45) is 0 Å². The van der Waals surface area contributed by atoms with Gasteiger partial charge in [0.1, 0.15) is 0 Å². The van der Waals surface area contributed by atoms with Crippen molar-refractivity contribution in [2.75, 3.05) is 13.2 Å². The van der Waals surface area contributed by atoms with Crippen LogP contribution in [-0.2, 0) is 0 Å². The van der Waals surface area contributed by atoms with Gasteiger partial charge in [0.25, 0.3) is 0 Å². The molecule has 1 aromatic rings. The van der Waals surface area contributed by atoms with Crippen molar-refractivity contribution in [3.05, 3.63) is 35.9 Å². The van der Waals surface area contributed by atoms with Gasteiger partial charge in [0.2, 0.25) is 0 Å². The SMILES string of the molecule is OCCNC1CCCCC1c1ccccc1. The molecule has 16 heavy (non-hydrogen) atoms. The molecule has 88 valence electrons. The maximum absolute atomic E-state index is 8.89. The Labute approximate surface area is 97.7 Å². The zero-order valence-corrected chi connectivity index (χ0v) is 9.73. The van der Waals surface area contributed by atoms with E-state index < -0.39 is 0 Å². The summed E-state index contributed by atoms with van der Waals surface area (Å²) in [6.45, 7) is 0.950. The van der Waals surface area contributed by atoms with Gasteiger partial charge in [-0.2, -0.15) is 0 Å². The minimum Gasteiger partial charge on any atom is -0.395 e. The molecule has 1 aliphatic rings. The number of benzene rings is 1. The summed E-state index contributed by atoms with van der Waals surface area (Å²) in [6, 6.07) is 11.3. The molecule has 2 N–H and O–H groups in total. The first-order valence-electron chi connectivity index (χ1n) is 6.31. The molecule has 1 fully saturated rings. The second-order valence-corrected chi connectivity index (χ2v) is 4.59. The minimum absolute atomic E-state index is 0.234. The van der Waals surface area contributed by atoms with Crippen LogP contribution < -0.4 is 5.32 Å². The van der Waals surface area contributed by atoms with Crippen LogP contribution in [0.3, 0.4) is 0 Å². The maximum Gasteiger partial charge on any atom is 0.0556 e. The van der Waals surface area contributed by atoms with Crippen LogP contribution in [0.25, 0.3) is 0 Å². The van der Waals surface area contributed by atoms with E-state index in [0.717, 1.165) is 0 Å². The second-order valence-electron chi connectivity index (χ2n) is 4.59. The lowest BCUT2D eigenvalue weighted by atomic mass is 9.80. The predicted octanol–water partition coefficient (Wildman–Crippen LogP) is 2.29. The average Bonchev–Trinajstić information content (AvgIpc) is 2.38. The highest BCUT2D eigenvalue weighted by Crippen LogP contribution is 2.32. The van der Waals surface area contributed by atoms with Gasteiger partial charge in [0, 0.05) is 12.6 Å². The third-order valence-corrected chi connectivity index (χ3v) is 3.51. The molecule has 2 rings (SSSR count). The Kier molecular flexibility index (Phi) is 4.37. The van der Waals surface area contributed by atoms with E-state index in [9.17, 15) is 0 Å². The lowest BCUT2D eigenvalue weighted by molar-refractivity contribution is 0.260. The van der Waals surface area contributed by atoms with Crippen molar-refractivity contribution in [2.45, 2.75) is 37.6 Å². The fourth-order valence-corrected chi connectivity index (χ4v) is 2.72. The van der Waals surface area contributed by atoms with E-state index in [1.165, 1.54) is 31.2 Å². The Morgan fingerprint density at radius 3 is 2.62 bits per heavy atom. The number of hydrogen-bond donors (Lipinski definition) is 2. The molecular formula is C14H21NO. The standard InChI is InChI=1S/C14H21NO/c16-11-10-15-14-9-5-4-8-13(14)12-6-2-1-3-7-12/h1-3,6-7,13-16H,4-5,8-11H2. The van der Waals surface area contributed by atoms with Crippen LogP contribution in [0.4, 0.5) is 0 Å². The molecule has 1 aromatic carbocycles. The van der Waals surface area contributed by atoms with Crippen LogP contribution in [0, 0.1) is 0 Å². The van der Waals surface area contributed by atoms with Crippen molar-refractivity contribution >= 4 is 0 Å². The van der Waals surface area contributed by atoms with Crippen LogP contribution in [0.15, 0.2) is 30.3 Å². The van der Waals surface area contributed by atoms with Crippen molar-refractivity contribution in [3.63, 3.8) is 0 Å². The van der Waals surface area contributed by atoms with Gasteiger partial charge in [-0.25, -0.2) is 0 Å². The van der Waals surface area contributed by atoms with Gasteiger partial charge in [0.05, 0.1) is 6.61 Å². The molecule has 0 spiro atoms. The smallest absolute Gasteiger partial charge is 0.0556 e. The monoisotopic (exact) mass is 219 g/mol. The molecule has 0 bridgehead atoms. The highest BCUT2D eigenvalue weighted by Gasteiger charge is 2.25. The van der Waals surface area contributed by atoms with E-state index in [1.54, 1.807) is 0 Å². The van der Waals surface area contributed by atoms with E-state index in [1.807, 2.05) is 0 Å². The van der Waals surface area contributed by atoms with E-state index >= 15 is 0 Å². The zero-order chi connectivity index (χ0) is 11.2. The molecule has 1 aliphatic carbocycles. The largest absolute Gasteiger partial charge is 0.395 e. The lowest BCUT2D eigenvalue weighted by Gasteiger charge is -2.32. The summed E-state index contributed by atoms with van der Waals surface area (Å²) < 4.78 is 0. The number of nitrogens with one attached hydrogen (secondary N) is 1. The summed E-state index contributed by atoms with van der Waals surface area (Å²) in [5.74, 6) is 0.626. The van der Waals surface area contributed by atoms with Gasteiger partial charge in [-0.1, -0.05) is 43.2 Å². The van der Waals surface area contributed by atoms with Gasteiger partial charge in [-0.05, 0) is 24.3 Å². The van der Waals surface area contributed by atoms with E-state index in [0.29, 0.717) is 18.5 Å². The Bertz CT molecular complexity index is 299. The van der Waals surface area contributed by atoms with Gasteiger partial charge in [-0.15, -0.1) is 0 Å². The van der Waals surface area contributed by atoms with E-state index in [4.69, 9.17) is 5.11 Å². The van der Waals surface area contributed by atoms with Gasteiger partial charge in [0.15, 0.2) is 0 Å². The molecule has 2 unspecified atom stereocenters. The van der Waals surface area contributed by atoms with Crippen molar-refractivity contribution < 1.29 is 5.11 Å². The summed E-state index contributed by atoms with van der Waals surface area (Å²) in [4.78, 5) is 0. The fraction of sp³-hybridized carbons (Fsp3) is 0.571. The van der Waals surface area contributed by atoms with E-state index in [-0.39, 0.29) is 6.61 Å². The third kappa shape index (κ3) is 2.83. The van der Waals surface area contributed by atoms with Gasteiger partial charge < -0.3 is 10.4 Å². The topological polar surface area (TPSA) is 32.3 Å². The summed E-state index contributed by atoms with van der Waals surface area (Å²) in [7, 11) is 0. The number of hydrogen-bond acceptors (Lipinski definition) is 2. The van der Waals surface area contributed by atoms with Crippen molar-refractivity contribution in [1.29, 1.82) is 0 Å². The molecular weight excluding hydrogens is 198 g/mol. The molecule has 2 heteroatoms. The Balaban J connectivity index is 2.04. The zero-order valence-electron chi connectivity index (χ0n) is 9.73. The van der Waals surface area contributed by atoms with Gasteiger partial charge >= 0.3 is 0 Å². The molecule has 0 saturated heterocycles. The maximum atomic E-state index is 8.89. The first-order chi connectivity index (χ1) is 7.92.